The summed E-state index contributed by atoms with van der Waals surface area (Å²) in [6.07, 6.45) is 3.04. The number of carbonyl (C=O) groups excluding carboxylic acids is 1. The fourth-order valence-electron chi connectivity index (χ4n) is 3.27. The van der Waals surface area contributed by atoms with Gasteiger partial charge in [-0.1, -0.05) is 29.8 Å². The minimum atomic E-state index is -0.387. The molecule has 1 aliphatic heterocycles. The van der Waals surface area contributed by atoms with E-state index in [1.807, 2.05) is 0 Å². The lowest BCUT2D eigenvalue weighted by Crippen LogP contribution is -2.36. The highest BCUT2D eigenvalue weighted by molar-refractivity contribution is 6.30. The zero-order valence-corrected chi connectivity index (χ0v) is 17.0. The topological polar surface area (TPSA) is 79.2 Å². The van der Waals surface area contributed by atoms with Crippen molar-refractivity contribution in [3.63, 3.8) is 0 Å². The van der Waals surface area contributed by atoms with Crippen LogP contribution in [0.5, 0.6) is 11.5 Å². The van der Waals surface area contributed by atoms with Gasteiger partial charge in [-0.25, -0.2) is 0 Å². The maximum Gasteiger partial charge on any atom is 0.193 e. The summed E-state index contributed by atoms with van der Waals surface area (Å²) in [7, 11) is 1.43. The summed E-state index contributed by atoms with van der Waals surface area (Å²) in [6, 6.07) is 8.67. The van der Waals surface area contributed by atoms with Gasteiger partial charge in [0.25, 0.3) is 0 Å². The molecule has 6 nitrogen and oxygen atoms in total. The van der Waals surface area contributed by atoms with Crippen molar-refractivity contribution in [3.8, 4) is 11.5 Å². The van der Waals surface area contributed by atoms with E-state index >= 15 is 0 Å². The molecule has 154 valence electrons. The second kappa shape index (κ2) is 9.89. The van der Waals surface area contributed by atoms with Crippen molar-refractivity contribution in [2.45, 2.75) is 13.2 Å². The predicted octanol–water partition coefficient (Wildman–Crippen LogP) is 3.27. The van der Waals surface area contributed by atoms with Crippen LogP contribution >= 0.6 is 11.6 Å². The van der Waals surface area contributed by atoms with Crippen molar-refractivity contribution in [2.75, 3.05) is 33.4 Å². The molecule has 0 atom stereocenters. The normalized spacial score (nSPS) is 15.0. The van der Waals surface area contributed by atoms with Gasteiger partial charge in [0.05, 0.1) is 26.9 Å². The minimum Gasteiger partial charge on any atom is -0.507 e. The molecule has 2 aromatic carbocycles. The highest BCUT2D eigenvalue weighted by Gasteiger charge is 2.24. The summed E-state index contributed by atoms with van der Waals surface area (Å²) >= 11 is 5.88. The molecule has 0 bridgehead atoms. The number of benzene rings is 2. The molecule has 0 aromatic heterocycles. The third kappa shape index (κ3) is 5.16. The number of phenols is 1. The number of aromatic hydroxyl groups is 1. The summed E-state index contributed by atoms with van der Waals surface area (Å²) in [5.74, 6) is -0.323. The number of halogens is 1. The highest BCUT2D eigenvalue weighted by atomic mass is 35.5. The monoisotopic (exact) mass is 417 g/mol. The largest absolute Gasteiger partial charge is 0.507 e. The van der Waals surface area contributed by atoms with Gasteiger partial charge in [-0.05, 0) is 35.4 Å². The van der Waals surface area contributed by atoms with E-state index in [1.165, 1.54) is 13.2 Å². The molecule has 1 aliphatic rings. The SMILES string of the molecule is COc1cc(CO)c(CN2CCOCC2)c(O)c1C(=O)/C=C/c1ccc(Cl)cc1. The molecular weight excluding hydrogens is 394 g/mol. The maximum atomic E-state index is 12.9. The number of morpholine rings is 1. The first-order valence-electron chi connectivity index (χ1n) is 9.34. The fourth-order valence-corrected chi connectivity index (χ4v) is 3.39. The molecule has 0 spiro atoms. The van der Waals surface area contributed by atoms with Crippen molar-refractivity contribution in [1.29, 1.82) is 0 Å². The summed E-state index contributed by atoms with van der Waals surface area (Å²) in [5, 5.41) is 21.3. The van der Waals surface area contributed by atoms with Crippen LogP contribution in [0.15, 0.2) is 36.4 Å². The van der Waals surface area contributed by atoms with Crippen LogP contribution in [0, 0.1) is 0 Å². The summed E-state index contributed by atoms with van der Waals surface area (Å²) in [5.41, 5.74) is 1.95. The predicted molar refractivity (Wildman–Crippen MR) is 111 cm³/mol. The van der Waals surface area contributed by atoms with E-state index in [9.17, 15) is 15.0 Å². The van der Waals surface area contributed by atoms with Crippen LogP contribution in [-0.4, -0.2) is 54.3 Å². The number of phenolic OH excluding ortho intramolecular Hbond substituents is 1. The number of hydrogen-bond acceptors (Lipinski definition) is 6. The Balaban J connectivity index is 1.94. The smallest absolute Gasteiger partial charge is 0.193 e. The zero-order valence-electron chi connectivity index (χ0n) is 16.2. The maximum absolute atomic E-state index is 12.9. The van der Waals surface area contributed by atoms with Crippen molar-refractivity contribution in [2.24, 2.45) is 0 Å². The van der Waals surface area contributed by atoms with Gasteiger partial charge in [-0.2, -0.15) is 0 Å². The van der Waals surface area contributed by atoms with E-state index < -0.39 is 0 Å². The quantitative estimate of drug-likeness (QED) is 0.531. The molecule has 29 heavy (non-hydrogen) atoms. The Morgan fingerprint density at radius 1 is 1.28 bits per heavy atom. The number of ketones is 1. The van der Waals surface area contributed by atoms with Gasteiger partial charge in [0.2, 0.25) is 0 Å². The van der Waals surface area contributed by atoms with Crippen LogP contribution in [0.25, 0.3) is 6.08 Å². The van der Waals surface area contributed by atoms with Crippen LogP contribution < -0.4 is 4.74 Å². The van der Waals surface area contributed by atoms with E-state index in [0.29, 0.717) is 35.9 Å². The molecular formula is C22H24ClNO5. The number of aliphatic hydroxyl groups is 1. The first-order chi connectivity index (χ1) is 14.0. The first kappa shape index (κ1) is 21.3. The Bertz CT molecular complexity index is 889. The number of nitrogens with zero attached hydrogens (tertiary/aromatic N) is 1. The second-order valence-electron chi connectivity index (χ2n) is 6.74. The molecule has 0 radical (unpaired) electrons. The van der Waals surface area contributed by atoms with Gasteiger partial charge in [0.15, 0.2) is 5.78 Å². The average molecular weight is 418 g/mol. The molecule has 1 fully saturated rings. The molecule has 0 saturated carbocycles. The average Bonchev–Trinajstić information content (AvgIpc) is 2.75. The van der Waals surface area contributed by atoms with E-state index in [4.69, 9.17) is 21.1 Å². The lowest BCUT2D eigenvalue weighted by Gasteiger charge is -2.28. The molecule has 3 rings (SSSR count). The molecule has 2 aromatic rings. The lowest BCUT2D eigenvalue weighted by molar-refractivity contribution is 0.0336. The summed E-state index contributed by atoms with van der Waals surface area (Å²) < 4.78 is 10.7. The Kier molecular flexibility index (Phi) is 7.28. The van der Waals surface area contributed by atoms with Gasteiger partial charge in [-0.15, -0.1) is 0 Å². The van der Waals surface area contributed by atoms with Crippen molar-refractivity contribution < 1.29 is 24.5 Å². The fraction of sp³-hybridized carbons (Fsp3) is 0.318. The number of aliphatic hydroxyl groups excluding tert-OH is 1. The highest BCUT2D eigenvalue weighted by Crippen LogP contribution is 2.36. The zero-order chi connectivity index (χ0) is 20.8. The lowest BCUT2D eigenvalue weighted by atomic mass is 9.97. The van der Waals surface area contributed by atoms with Crippen LogP contribution in [0.4, 0.5) is 0 Å². The molecule has 0 unspecified atom stereocenters. The number of allylic oxidation sites excluding steroid dienone is 1. The minimum absolute atomic E-state index is 0.0816. The van der Waals surface area contributed by atoms with Crippen LogP contribution in [0.2, 0.25) is 5.02 Å². The Morgan fingerprint density at radius 3 is 2.59 bits per heavy atom. The Hall–Kier alpha value is -2.38. The second-order valence-corrected chi connectivity index (χ2v) is 7.17. The van der Waals surface area contributed by atoms with E-state index in [0.717, 1.165) is 18.7 Å². The third-order valence-electron chi connectivity index (χ3n) is 4.88. The van der Waals surface area contributed by atoms with Crippen LogP contribution in [0.3, 0.4) is 0 Å². The van der Waals surface area contributed by atoms with Gasteiger partial charge in [-0.3, -0.25) is 9.69 Å². The molecule has 1 heterocycles. The molecule has 0 amide bonds. The molecule has 0 aliphatic carbocycles. The van der Waals surface area contributed by atoms with Crippen LogP contribution in [0.1, 0.15) is 27.0 Å². The van der Waals surface area contributed by atoms with Crippen molar-refractivity contribution >= 4 is 23.5 Å². The number of methoxy groups -OCH3 is 1. The van der Waals surface area contributed by atoms with Crippen LogP contribution in [-0.2, 0) is 17.9 Å². The third-order valence-corrected chi connectivity index (χ3v) is 5.13. The van der Waals surface area contributed by atoms with Gasteiger partial charge in [0.1, 0.15) is 17.1 Å². The number of carbonyl (C=O) groups is 1. The van der Waals surface area contributed by atoms with E-state index in [-0.39, 0.29) is 29.5 Å². The van der Waals surface area contributed by atoms with E-state index in [2.05, 4.69) is 4.90 Å². The van der Waals surface area contributed by atoms with E-state index in [1.54, 1.807) is 36.4 Å². The van der Waals surface area contributed by atoms with Gasteiger partial charge >= 0.3 is 0 Å². The molecule has 2 N–H and O–H groups in total. The Labute approximate surface area is 174 Å². The molecule has 1 saturated heterocycles. The van der Waals surface area contributed by atoms with Gasteiger partial charge in [0, 0.05) is 30.2 Å². The number of ether oxygens (including phenoxy) is 2. The summed E-state index contributed by atoms with van der Waals surface area (Å²) in [4.78, 5) is 15.0. The van der Waals surface area contributed by atoms with Crippen molar-refractivity contribution in [1.82, 2.24) is 4.90 Å². The van der Waals surface area contributed by atoms with Gasteiger partial charge < -0.3 is 19.7 Å². The molecule has 7 heteroatoms. The number of hydrogen-bond donors (Lipinski definition) is 2. The summed E-state index contributed by atoms with van der Waals surface area (Å²) in [6.45, 7) is 2.81. The number of rotatable bonds is 7. The standard InChI is InChI=1S/C22H24ClNO5/c1-28-20-12-16(14-25)18(13-24-8-10-29-11-9-24)22(27)21(20)19(26)7-4-15-2-5-17(23)6-3-15/h2-7,12,25,27H,8-11,13-14H2,1H3/b7-4+. The van der Waals surface area contributed by atoms with Crippen molar-refractivity contribution in [3.05, 3.63) is 63.7 Å². The Morgan fingerprint density at radius 2 is 1.97 bits per heavy atom. The first-order valence-corrected chi connectivity index (χ1v) is 9.72.